The average Bonchev–Trinajstić information content (AvgIpc) is 2.98. The monoisotopic (exact) mass is 313 g/mol. The number of likely N-dealkylation sites (tertiary alicyclic amines) is 1. The molecule has 2 aliphatic rings. The summed E-state index contributed by atoms with van der Waals surface area (Å²) in [4.78, 5) is 14.9. The molecule has 0 radical (unpaired) electrons. The van der Waals surface area contributed by atoms with E-state index in [9.17, 15) is 9.18 Å². The number of aryl methyl sites for hydroxylation is 1. The van der Waals surface area contributed by atoms with Crippen LogP contribution < -0.4 is 0 Å². The smallest absolute Gasteiger partial charge is 0.226 e. The SMILES string of the molecule is Cn1cc([C@@H]2C[C@H]2C(=O)N2CCC[C@@H]2c2ccc(F)cc2)cn1. The van der Waals surface area contributed by atoms with Crippen molar-refractivity contribution in [2.24, 2.45) is 13.0 Å². The van der Waals surface area contributed by atoms with Crippen molar-refractivity contribution in [3.05, 3.63) is 53.6 Å². The van der Waals surface area contributed by atoms with Crippen LogP contribution in [-0.4, -0.2) is 27.1 Å². The zero-order valence-electron chi connectivity index (χ0n) is 13.2. The minimum absolute atomic E-state index is 0.0836. The van der Waals surface area contributed by atoms with Gasteiger partial charge in [0.2, 0.25) is 5.91 Å². The normalized spacial score (nSPS) is 26.5. The Morgan fingerprint density at radius 1 is 1.26 bits per heavy atom. The maximum absolute atomic E-state index is 13.1. The molecule has 1 aromatic carbocycles. The lowest BCUT2D eigenvalue weighted by atomic mass is 10.0. The number of carbonyl (C=O) groups excluding carboxylic acids is 1. The fraction of sp³-hybridized carbons (Fsp3) is 0.444. The van der Waals surface area contributed by atoms with Gasteiger partial charge in [-0.25, -0.2) is 4.39 Å². The third-order valence-electron chi connectivity index (χ3n) is 5.05. The second kappa shape index (κ2) is 5.48. The van der Waals surface area contributed by atoms with Gasteiger partial charge in [0.15, 0.2) is 0 Å². The lowest BCUT2D eigenvalue weighted by molar-refractivity contribution is -0.133. The van der Waals surface area contributed by atoms with Gasteiger partial charge in [0.25, 0.3) is 0 Å². The van der Waals surface area contributed by atoms with E-state index >= 15 is 0 Å². The van der Waals surface area contributed by atoms with Crippen LogP contribution in [-0.2, 0) is 11.8 Å². The Morgan fingerprint density at radius 3 is 2.74 bits per heavy atom. The van der Waals surface area contributed by atoms with Gasteiger partial charge < -0.3 is 4.90 Å². The Morgan fingerprint density at radius 2 is 2.04 bits per heavy atom. The van der Waals surface area contributed by atoms with Crippen molar-refractivity contribution < 1.29 is 9.18 Å². The largest absolute Gasteiger partial charge is 0.335 e. The molecule has 0 bridgehead atoms. The van der Waals surface area contributed by atoms with Crippen LogP contribution in [0.15, 0.2) is 36.7 Å². The van der Waals surface area contributed by atoms with E-state index in [1.54, 1.807) is 16.8 Å². The summed E-state index contributed by atoms with van der Waals surface area (Å²) in [5, 5.41) is 4.20. The predicted octanol–water partition coefficient (Wildman–Crippen LogP) is 3.03. The zero-order valence-corrected chi connectivity index (χ0v) is 13.2. The summed E-state index contributed by atoms with van der Waals surface area (Å²) >= 11 is 0. The van der Waals surface area contributed by atoms with Gasteiger partial charge in [-0.15, -0.1) is 0 Å². The number of nitrogens with zero attached hydrogens (tertiary/aromatic N) is 3. The average molecular weight is 313 g/mol. The third kappa shape index (κ3) is 2.64. The second-order valence-corrected chi connectivity index (χ2v) is 6.64. The molecule has 2 heterocycles. The summed E-state index contributed by atoms with van der Waals surface area (Å²) in [7, 11) is 1.90. The summed E-state index contributed by atoms with van der Waals surface area (Å²) in [6.45, 7) is 0.803. The van der Waals surface area contributed by atoms with Gasteiger partial charge in [-0.05, 0) is 48.4 Å². The molecule has 2 aromatic rings. The standard InChI is InChI=1S/C18H20FN3O/c1-21-11-13(10-20-21)15-9-16(15)18(23)22-8-2-3-17(22)12-4-6-14(19)7-5-12/h4-7,10-11,15-17H,2-3,8-9H2,1H3/t15-,16+,17+/m0/s1. The summed E-state index contributed by atoms with van der Waals surface area (Å²) < 4.78 is 14.9. The highest BCUT2D eigenvalue weighted by atomic mass is 19.1. The first kappa shape index (κ1) is 14.4. The first-order valence-electron chi connectivity index (χ1n) is 8.18. The molecule has 23 heavy (non-hydrogen) atoms. The molecule has 2 fully saturated rings. The van der Waals surface area contributed by atoms with E-state index in [0.717, 1.165) is 36.9 Å². The maximum Gasteiger partial charge on any atom is 0.226 e. The molecule has 5 heteroatoms. The summed E-state index contributed by atoms with van der Waals surface area (Å²) in [5.74, 6) is 0.403. The lowest BCUT2D eigenvalue weighted by Gasteiger charge is -2.25. The van der Waals surface area contributed by atoms with Crippen molar-refractivity contribution in [2.75, 3.05) is 6.54 Å². The van der Waals surface area contributed by atoms with Crippen LogP contribution in [0.1, 0.15) is 42.3 Å². The van der Waals surface area contributed by atoms with Gasteiger partial charge in [-0.1, -0.05) is 12.1 Å². The predicted molar refractivity (Wildman–Crippen MR) is 84.1 cm³/mol. The van der Waals surface area contributed by atoms with E-state index in [1.165, 1.54) is 12.1 Å². The molecule has 1 aromatic heterocycles. The molecule has 120 valence electrons. The van der Waals surface area contributed by atoms with E-state index in [1.807, 2.05) is 24.3 Å². The highest BCUT2D eigenvalue weighted by Crippen LogP contribution is 2.50. The molecular weight excluding hydrogens is 293 g/mol. The van der Waals surface area contributed by atoms with E-state index in [4.69, 9.17) is 0 Å². The van der Waals surface area contributed by atoms with Crippen molar-refractivity contribution in [3.8, 4) is 0 Å². The van der Waals surface area contributed by atoms with Gasteiger partial charge in [-0.2, -0.15) is 5.10 Å². The highest BCUT2D eigenvalue weighted by molar-refractivity contribution is 5.83. The molecule has 1 saturated carbocycles. The van der Waals surface area contributed by atoms with Gasteiger partial charge in [0.1, 0.15) is 5.82 Å². The lowest BCUT2D eigenvalue weighted by Crippen LogP contribution is -2.32. The Kier molecular flexibility index (Phi) is 3.43. The van der Waals surface area contributed by atoms with Crippen LogP contribution >= 0.6 is 0 Å². The Bertz CT molecular complexity index is 724. The molecule has 1 saturated heterocycles. The zero-order chi connectivity index (χ0) is 16.0. The van der Waals surface area contributed by atoms with Crippen LogP contribution in [0.25, 0.3) is 0 Å². The Balaban J connectivity index is 1.49. The van der Waals surface area contributed by atoms with E-state index < -0.39 is 0 Å². The number of aromatic nitrogens is 2. The molecule has 3 atom stereocenters. The number of halogens is 1. The minimum Gasteiger partial charge on any atom is -0.335 e. The number of rotatable bonds is 3. The van der Waals surface area contributed by atoms with Crippen molar-refractivity contribution in [2.45, 2.75) is 31.2 Å². The van der Waals surface area contributed by atoms with E-state index in [2.05, 4.69) is 5.10 Å². The molecule has 4 rings (SSSR count). The Hall–Kier alpha value is -2.17. The number of hydrogen-bond donors (Lipinski definition) is 0. The topological polar surface area (TPSA) is 38.1 Å². The van der Waals surface area contributed by atoms with Gasteiger partial charge in [0, 0.05) is 25.7 Å². The highest BCUT2D eigenvalue weighted by Gasteiger charge is 2.48. The fourth-order valence-electron chi connectivity index (χ4n) is 3.74. The summed E-state index contributed by atoms with van der Waals surface area (Å²) in [5.41, 5.74) is 2.19. The summed E-state index contributed by atoms with van der Waals surface area (Å²) in [6, 6.07) is 6.66. The molecule has 0 spiro atoms. The molecule has 1 aliphatic carbocycles. The van der Waals surface area contributed by atoms with E-state index in [-0.39, 0.29) is 23.7 Å². The molecule has 0 N–H and O–H groups in total. The van der Waals surface area contributed by atoms with Crippen molar-refractivity contribution in [3.63, 3.8) is 0 Å². The Labute approximate surface area is 134 Å². The van der Waals surface area contributed by atoms with Crippen molar-refractivity contribution in [1.29, 1.82) is 0 Å². The van der Waals surface area contributed by atoms with Crippen molar-refractivity contribution in [1.82, 2.24) is 14.7 Å². The fourth-order valence-corrected chi connectivity index (χ4v) is 3.74. The van der Waals surface area contributed by atoms with E-state index in [0.29, 0.717) is 5.92 Å². The molecular formula is C18H20FN3O. The first-order valence-corrected chi connectivity index (χ1v) is 8.18. The molecule has 0 unspecified atom stereocenters. The minimum atomic E-state index is -0.233. The van der Waals surface area contributed by atoms with Crippen LogP contribution in [0.3, 0.4) is 0 Å². The van der Waals surface area contributed by atoms with Crippen LogP contribution in [0, 0.1) is 11.7 Å². The first-order chi connectivity index (χ1) is 11.1. The third-order valence-corrected chi connectivity index (χ3v) is 5.05. The van der Waals surface area contributed by atoms with Crippen LogP contribution in [0.2, 0.25) is 0 Å². The number of amides is 1. The second-order valence-electron chi connectivity index (χ2n) is 6.64. The van der Waals surface area contributed by atoms with Gasteiger partial charge in [0.05, 0.1) is 12.2 Å². The van der Waals surface area contributed by atoms with Crippen LogP contribution in [0.5, 0.6) is 0 Å². The van der Waals surface area contributed by atoms with Gasteiger partial charge >= 0.3 is 0 Å². The number of hydrogen-bond acceptors (Lipinski definition) is 2. The quantitative estimate of drug-likeness (QED) is 0.873. The van der Waals surface area contributed by atoms with Crippen LogP contribution in [0.4, 0.5) is 4.39 Å². The number of benzene rings is 1. The number of carbonyl (C=O) groups is 1. The summed E-state index contributed by atoms with van der Waals surface area (Å²) in [6.07, 6.45) is 6.75. The van der Waals surface area contributed by atoms with Gasteiger partial charge in [-0.3, -0.25) is 9.48 Å². The molecule has 4 nitrogen and oxygen atoms in total. The molecule has 1 aliphatic heterocycles. The maximum atomic E-state index is 13.1. The molecule has 1 amide bonds. The van der Waals surface area contributed by atoms with Crippen molar-refractivity contribution >= 4 is 5.91 Å².